The third-order valence-corrected chi connectivity index (χ3v) is 4.11. The molecule has 4 unspecified atom stereocenters. The van der Waals surface area contributed by atoms with E-state index in [1.54, 1.807) is 0 Å². The molecule has 12 heteroatoms. The fourth-order valence-corrected chi connectivity index (χ4v) is 2.58. The number of nitrogens with zero attached hydrogens (tertiary/aromatic N) is 1. The van der Waals surface area contributed by atoms with E-state index in [9.17, 15) is 29.1 Å². The Morgan fingerprint density at radius 3 is 2.37 bits per heavy atom. The zero-order chi connectivity index (χ0) is 20.7. The number of aliphatic hydroxyl groups excluding tert-OH is 1. The predicted molar refractivity (Wildman–Crippen MR) is 89.2 cm³/mol. The summed E-state index contributed by atoms with van der Waals surface area (Å²) in [6.07, 6.45) is -1.14. The Balaban J connectivity index is 2.67. The predicted octanol–water partition coefficient (Wildman–Crippen LogP) is -3.15. The first-order valence-corrected chi connectivity index (χ1v) is 8.30. The summed E-state index contributed by atoms with van der Waals surface area (Å²) >= 11 is 0. The maximum Gasteiger partial charge on any atom is 0.326 e. The highest BCUT2D eigenvalue weighted by atomic mass is 16.4. The van der Waals surface area contributed by atoms with E-state index in [2.05, 4.69) is 10.6 Å². The van der Waals surface area contributed by atoms with Gasteiger partial charge in [0.2, 0.25) is 17.7 Å². The van der Waals surface area contributed by atoms with Gasteiger partial charge in [0, 0.05) is 6.54 Å². The molecule has 0 radical (unpaired) electrons. The van der Waals surface area contributed by atoms with Gasteiger partial charge in [0.1, 0.15) is 18.1 Å². The van der Waals surface area contributed by atoms with Crippen LogP contribution < -0.4 is 16.4 Å². The molecule has 0 aromatic carbocycles. The van der Waals surface area contributed by atoms with Gasteiger partial charge in [-0.1, -0.05) is 0 Å². The van der Waals surface area contributed by atoms with Crippen molar-refractivity contribution in [2.24, 2.45) is 5.73 Å². The van der Waals surface area contributed by atoms with Crippen LogP contribution in [0.25, 0.3) is 0 Å². The largest absolute Gasteiger partial charge is 0.481 e. The van der Waals surface area contributed by atoms with Gasteiger partial charge in [0.05, 0.1) is 19.1 Å². The third-order valence-electron chi connectivity index (χ3n) is 4.11. The smallest absolute Gasteiger partial charge is 0.326 e. The van der Waals surface area contributed by atoms with Crippen LogP contribution in [-0.4, -0.2) is 87.2 Å². The van der Waals surface area contributed by atoms with E-state index in [1.165, 1.54) is 11.8 Å². The number of carboxylic acid groups (broad SMARTS) is 2. The maximum absolute atomic E-state index is 12.3. The molecular formula is C15H24N4O8. The van der Waals surface area contributed by atoms with Crippen LogP contribution in [0.15, 0.2) is 0 Å². The van der Waals surface area contributed by atoms with Gasteiger partial charge in [-0.05, 0) is 19.8 Å². The van der Waals surface area contributed by atoms with Crippen molar-refractivity contribution in [2.45, 2.75) is 50.4 Å². The minimum atomic E-state index is -1.61. The number of carbonyl (C=O) groups excluding carboxylic acids is 3. The number of amides is 3. The molecule has 4 atom stereocenters. The van der Waals surface area contributed by atoms with E-state index < -0.39 is 66.9 Å². The van der Waals surface area contributed by atoms with Crippen molar-refractivity contribution in [3.63, 3.8) is 0 Å². The molecule has 3 amide bonds. The first-order valence-electron chi connectivity index (χ1n) is 8.30. The van der Waals surface area contributed by atoms with Crippen molar-refractivity contribution in [2.75, 3.05) is 13.1 Å². The number of carboxylic acids is 2. The molecule has 1 aliphatic heterocycles. The number of aliphatic carboxylic acids is 2. The summed E-state index contributed by atoms with van der Waals surface area (Å²) in [6.45, 7) is 1.11. The first-order chi connectivity index (χ1) is 12.5. The monoisotopic (exact) mass is 388 g/mol. The number of rotatable bonds is 9. The third kappa shape index (κ3) is 6.49. The van der Waals surface area contributed by atoms with Crippen LogP contribution in [0.2, 0.25) is 0 Å². The molecule has 0 bridgehead atoms. The molecular weight excluding hydrogens is 364 g/mol. The lowest BCUT2D eigenvalue weighted by atomic mass is 10.1. The molecule has 1 fully saturated rings. The van der Waals surface area contributed by atoms with Gasteiger partial charge >= 0.3 is 11.9 Å². The van der Waals surface area contributed by atoms with E-state index in [4.69, 9.17) is 15.9 Å². The zero-order valence-corrected chi connectivity index (χ0v) is 14.8. The van der Waals surface area contributed by atoms with E-state index in [0.717, 1.165) is 0 Å². The summed E-state index contributed by atoms with van der Waals surface area (Å²) in [7, 11) is 0. The lowest BCUT2D eigenvalue weighted by Crippen LogP contribution is -2.54. The Morgan fingerprint density at radius 1 is 1.22 bits per heavy atom. The molecule has 1 heterocycles. The van der Waals surface area contributed by atoms with Crippen molar-refractivity contribution in [3.8, 4) is 0 Å². The normalized spacial score (nSPS) is 19.7. The number of hydrogen-bond acceptors (Lipinski definition) is 7. The standard InChI is InChI=1S/C15H24N4O8/c1-7(20)12(16)14(25)17-6-10(21)19-4-2-3-9(19)13(24)18-8(15(26)27)5-11(22)23/h7-9,12,20H,2-6,16H2,1H3,(H,17,25)(H,18,24)(H,22,23)(H,26,27). The Hall–Kier alpha value is -2.73. The van der Waals surface area contributed by atoms with Crippen LogP contribution in [0.3, 0.4) is 0 Å². The van der Waals surface area contributed by atoms with E-state index in [1.807, 2.05) is 0 Å². The van der Waals surface area contributed by atoms with Gasteiger partial charge < -0.3 is 36.6 Å². The highest BCUT2D eigenvalue weighted by molar-refractivity contribution is 5.93. The number of carbonyl (C=O) groups is 5. The topological polar surface area (TPSA) is 199 Å². The van der Waals surface area contributed by atoms with Gasteiger partial charge in [-0.15, -0.1) is 0 Å². The van der Waals surface area contributed by atoms with Gasteiger partial charge in [-0.2, -0.15) is 0 Å². The summed E-state index contributed by atoms with van der Waals surface area (Å²) < 4.78 is 0. The fourth-order valence-electron chi connectivity index (χ4n) is 2.58. The SMILES string of the molecule is CC(O)C(N)C(=O)NCC(=O)N1CCCC1C(=O)NC(CC(=O)O)C(=O)O. The Kier molecular flexibility index (Phi) is 8.12. The lowest BCUT2D eigenvalue weighted by Gasteiger charge is -2.25. The summed E-state index contributed by atoms with van der Waals surface area (Å²) in [6, 6.07) is -3.78. The van der Waals surface area contributed by atoms with E-state index in [0.29, 0.717) is 6.42 Å². The Bertz CT molecular complexity index is 609. The molecule has 0 saturated carbocycles. The molecule has 7 N–H and O–H groups in total. The molecule has 0 aliphatic carbocycles. The average molecular weight is 388 g/mol. The van der Waals surface area contributed by atoms with Crippen molar-refractivity contribution in [1.82, 2.24) is 15.5 Å². The van der Waals surface area contributed by atoms with Crippen LogP contribution in [0.1, 0.15) is 26.2 Å². The maximum atomic E-state index is 12.3. The quantitative estimate of drug-likeness (QED) is 0.236. The van der Waals surface area contributed by atoms with Crippen LogP contribution >= 0.6 is 0 Å². The average Bonchev–Trinajstić information content (AvgIpc) is 3.07. The van der Waals surface area contributed by atoms with Crippen molar-refractivity contribution < 1.29 is 39.3 Å². The van der Waals surface area contributed by atoms with Crippen LogP contribution in [-0.2, 0) is 24.0 Å². The van der Waals surface area contributed by atoms with Gasteiger partial charge in [0.15, 0.2) is 0 Å². The molecule has 1 aliphatic rings. The second-order valence-electron chi connectivity index (χ2n) is 6.23. The van der Waals surface area contributed by atoms with Crippen LogP contribution in [0, 0.1) is 0 Å². The second kappa shape index (κ2) is 9.83. The second-order valence-corrected chi connectivity index (χ2v) is 6.23. The molecule has 1 saturated heterocycles. The van der Waals surface area contributed by atoms with E-state index >= 15 is 0 Å². The molecule has 12 nitrogen and oxygen atoms in total. The minimum absolute atomic E-state index is 0.228. The van der Waals surface area contributed by atoms with Crippen LogP contribution in [0.5, 0.6) is 0 Å². The molecule has 0 aromatic rings. The first kappa shape index (κ1) is 22.3. The summed E-state index contributed by atoms with van der Waals surface area (Å²) in [5.74, 6) is -4.98. The summed E-state index contributed by atoms with van der Waals surface area (Å²) in [4.78, 5) is 59.2. The number of aliphatic hydroxyl groups is 1. The van der Waals surface area contributed by atoms with Gasteiger partial charge in [-0.25, -0.2) is 4.79 Å². The molecule has 0 spiro atoms. The summed E-state index contributed by atoms with van der Waals surface area (Å²) in [5.41, 5.74) is 5.44. The highest BCUT2D eigenvalue weighted by Crippen LogP contribution is 2.17. The van der Waals surface area contributed by atoms with Gasteiger partial charge in [-0.3, -0.25) is 19.2 Å². The molecule has 152 valence electrons. The lowest BCUT2D eigenvalue weighted by molar-refractivity contribution is -0.148. The van der Waals surface area contributed by atoms with Crippen molar-refractivity contribution >= 4 is 29.7 Å². The number of nitrogens with one attached hydrogen (secondary N) is 2. The minimum Gasteiger partial charge on any atom is -0.481 e. The molecule has 27 heavy (non-hydrogen) atoms. The Labute approximate surface area is 154 Å². The van der Waals surface area contributed by atoms with Crippen molar-refractivity contribution in [1.29, 1.82) is 0 Å². The molecule has 0 aromatic heterocycles. The molecule has 1 rings (SSSR count). The zero-order valence-electron chi connectivity index (χ0n) is 14.8. The number of likely N-dealkylation sites (tertiary alicyclic amines) is 1. The van der Waals surface area contributed by atoms with Crippen LogP contribution in [0.4, 0.5) is 0 Å². The highest BCUT2D eigenvalue weighted by Gasteiger charge is 2.36. The van der Waals surface area contributed by atoms with E-state index in [-0.39, 0.29) is 13.0 Å². The number of hydrogen-bond donors (Lipinski definition) is 6. The number of nitrogens with two attached hydrogens (primary N) is 1. The summed E-state index contributed by atoms with van der Waals surface area (Å²) in [5, 5.41) is 31.3. The van der Waals surface area contributed by atoms with Gasteiger partial charge in [0.25, 0.3) is 0 Å². The van der Waals surface area contributed by atoms with Crippen molar-refractivity contribution in [3.05, 3.63) is 0 Å². The Morgan fingerprint density at radius 2 is 1.85 bits per heavy atom. The fraction of sp³-hybridized carbons (Fsp3) is 0.667.